The second kappa shape index (κ2) is 5.32. The third-order valence-electron chi connectivity index (χ3n) is 4.23. The fraction of sp³-hybridized carbons (Fsp3) is 0.333. The largest absolute Gasteiger partial charge is 0.460 e. The van der Waals surface area contributed by atoms with Crippen LogP contribution in [0, 0.1) is 13.8 Å². The summed E-state index contributed by atoms with van der Waals surface area (Å²) in [5, 5.41) is 0. The number of hydrogen-bond donors (Lipinski definition) is 0. The lowest BCUT2D eigenvalue weighted by Gasteiger charge is -2.15. The SMILES string of the molecule is Cc1ccc(COC(=O)C2(c3ccncc3)CC2)c(C)c1. The molecule has 0 spiro atoms. The Bertz CT molecular complexity index is 660. The number of esters is 1. The predicted octanol–water partition coefficient (Wildman–Crippen LogP) is 3.47. The molecule has 3 nitrogen and oxygen atoms in total. The average Bonchev–Trinajstić information content (AvgIpc) is 3.29. The number of carbonyl (C=O) groups excluding carboxylic acids is 1. The second-order valence-corrected chi connectivity index (χ2v) is 5.82. The molecule has 1 aliphatic carbocycles. The van der Waals surface area contributed by atoms with Gasteiger partial charge in [-0.2, -0.15) is 0 Å². The van der Waals surface area contributed by atoms with Gasteiger partial charge in [-0.25, -0.2) is 0 Å². The Morgan fingerprint density at radius 1 is 1.19 bits per heavy atom. The van der Waals surface area contributed by atoms with E-state index < -0.39 is 5.41 Å². The Labute approximate surface area is 125 Å². The van der Waals surface area contributed by atoms with E-state index in [1.807, 2.05) is 31.2 Å². The summed E-state index contributed by atoms with van der Waals surface area (Å²) >= 11 is 0. The third-order valence-corrected chi connectivity index (χ3v) is 4.23. The van der Waals surface area contributed by atoms with E-state index in [0.29, 0.717) is 6.61 Å². The molecule has 1 aromatic carbocycles. The quantitative estimate of drug-likeness (QED) is 0.805. The van der Waals surface area contributed by atoms with Crippen LogP contribution >= 0.6 is 0 Å². The highest BCUT2D eigenvalue weighted by molar-refractivity contribution is 5.86. The Balaban J connectivity index is 1.70. The Kier molecular flexibility index (Phi) is 3.50. The molecule has 2 aromatic rings. The lowest BCUT2D eigenvalue weighted by molar-refractivity contribution is -0.148. The van der Waals surface area contributed by atoms with Crippen LogP contribution in [0.4, 0.5) is 0 Å². The summed E-state index contributed by atoms with van der Waals surface area (Å²) in [5.74, 6) is -0.117. The summed E-state index contributed by atoms with van der Waals surface area (Å²) in [7, 11) is 0. The third kappa shape index (κ3) is 2.68. The molecule has 3 heteroatoms. The molecule has 0 aliphatic heterocycles. The fourth-order valence-corrected chi connectivity index (χ4v) is 2.70. The van der Waals surface area contributed by atoms with Crippen molar-refractivity contribution in [2.75, 3.05) is 0 Å². The molecule has 0 unspecified atom stereocenters. The van der Waals surface area contributed by atoms with Crippen LogP contribution in [0.5, 0.6) is 0 Å². The first-order chi connectivity index (χ1) is 10.1. The van der Waals surface area contributed by atoms with Gasteiger partial charge in [-0.05, 0) is 55.5 Å². The molecule has 0 atom stereocenters. The molecule has 1 saturated carbocycles. The van der Waals surface area contributed by atoms with Crippen molar-refractivity contribution in [3.63, 3.8) is 0 Å². The molecule has 108 valence electrons. The number of hydrogen-bond acceptors (Lipinski definition) is 3. The zero-order chi connectivity index (χ0) is 14.9. The molecule has 0 N–H and O–H groups in total. The number of aryl methyl sites for hydroxylation is 2. The van der Waals surface area contributed by atoms with Crippen molar-refractivity contribution >= 4 is 5.97 Å². The number of rotatable bonds is 4. The van der Waals surface area contributed by atoms with Crippen LogP contribution < -0.4 is 0 Å². The normalized spacial score (nSPS) is 15.5. The topological polar surface area (TPSA) is 39.2 Å². The lowest BCUT2D eigenvalue weighted by atomic mass is 9.97. The maximum Gasteiger partial charge on any atom is 0.316 e. The summed E-state index contributed by atoms with van der Waals surface area (Å²) in [6.45, 7) is 4.45. The average molecular weight is 281 g/mol. The van der Waals surface area contributed by atoms with Gasteiger partial charge >= 0.3 is 5.97 Å². The van der Waals surface area contributed by atoms with Gasteiger partial charge in [0.15, 0.2) is 0 Å². The minimum atomic E-state index is -0.429. The highest BCUT2D eigenvalue weighted by Crippen LogP contribution is 2.49. The van der Waals surface area contributed by atoms with E-state index in [1.165, 1.54) is 5.56 Å². The standard InChI is InChI=1S/C18H19NO2/c1-13-3-4-15(14(2)11-13)12-21-17(20)18(7-8-18)16-5-9-19-10-6-16/h3-6,9-11H,7-8,12H2,1-2H3. The van der Waals surface area contributed by atoms with Gasteiger partial charge in [-0.3, -0.25) is 9.78 Å². The smallest absolute Gasteiger partial charge is 0.316 e. The molecule has 1 aromatic heterocycles. The van der Waals surface area contributed by atoms with Gasteiger partial charge in [0.1, 0.15) is 6.61 Å². The van der Waals surface area contributed by atoms with Crippen molar-refractivity contribution in [2.45, 2.75) is 38.7 Å². The summed E-state index contributed by atoms with van der Waals surface area (Å²) in [6.07, 6.45) is 5.19. The maximum atomic E-state index is 12.4. The summed E-state index contributed by atoms with van der Waals surface area (Å²) in [5.41, 5.74) is 4.04. The van der Waals surface area contributed by atoms with Gasteiger partial charge in [-0.15, -0.1) is 0 Å². The first kappa shape index (κ1) is 13.8. The molecule has 0 amide bonds. The fourth-order valence-electron chi connectivity index (χ4n) is 2.70. The minimum Gasteiger partial charge on any atom is -0.460 e. The van der Waals surface area contributed by atoms with E-state index >= 15 is 0 Å². The highest BCUT2D eigenvalue weighted by atomic mass is 16.5. The molecule has 3 rings (SSSR count). The summed E-state index contributed by atoms with van der Waals surface area (Å²) < 4.78 is 5.57. The van der Waals surface area contributed by atoms with Gasteiger partial charge in [0.05, 0.1) is 5.41 Å². The van der Waals surface area contributed by atoms with E-state index in [1.54, 1.807) is 12.4 Å². The molecule has 0 radical (unpaired) electrons. The monoisotopic (exact) mass is 281 g/mol. The molecule has 21 heavy (non-hydrogen) atoms. The molecular formula is C18H19NO2. The van der Waals surface area contributed by atoms with Crippen LogP contribution in [0.3, 0.4) is 0 Å². The van der Waals surface area contributed by atoms with E-state index in [9.17, 15) is 4.79 Å². The van der Waals surface area contributed by atoms with Crippen molar-refractivity contribution in [1.82, 2.24) is 4.98 Å². The number of pyridine rings is 1. The zero-order valence-electron chi connectivity index (χ0n) is 12.4. The lowest BCUT2D eigenvalue weighted by Crippen LogP contribution is -2.23. The second-order valence-electron chi connectivity index (χ2n) is 5.82. The van der Waals surface area contributed by atoms with Gasteiger partial charge in [0, 0.05) is 12.4 Å². The Morgan fingerprint density at radius 2 is 1.90 bits per heavy atom. The number of nitrogens with zero attached hydrogens (tertiary/aromatic N) is 1. The van der Waals surface area contributed by atoms with Crippen LogP contribution in [0.2, 0.25) is 0 Å². The van der Waals surface area contributed by atoms with Crippen LogP contribution in [0.1, 0.15) is 35.1 Å². The minimum absolute atomic E-state index is 0.117. The zero-order valence-corrected chi connectivity index (χ0v) is 12.4. The van der Waals surface area contributed by atoms with E-state index in [0.717, 1.165) is 29.5 Å². The summed E-state index contributed by atoms with van der Waals surface area (Å²) in [4.78, 5) is 16.4. The maximum absolute atomic E-state index is 12.4. The number of ether oxygens (including phenoxy) is 1. The van der Waals surface area contributed by atoms with Crippen molar-refractivity contribution in [1.29, 1.82) is 0 Å². The van der Waals surface area contributed by atoms with Crippen molar-refractivity contribution in [3.05, 3.63) is 65.0 Å². The number of benzene rings is 1. The van der Waals surface area contributed by atoms with Gasteiger partial charge in [0.25, 0.3) is 0 Å². The van der Waals surface area contributed by atoms with Gasteiger partial charge in [0.2, 0.25) is 0 Å². The van der Waals surface area contributed by atoms with Crippen LogP contribution in [-0.4, -0.2) is 11.0 Å². The van der Waals surface area contributed by atoms with E-state index in [2.05, 4.69) is 18.0 Å². The van der Waals surface area contributed by atoms with E-state index in [4.69, 9.17) is 4.74 Å². The first-order valence-corrected chi connectivity index (χ1v) is 7.26. The van der Waals surface area contributed by atoms with Crippen LogP contribution in [0.25, 0.3) is 0 Å². The van der Waals surface area contributed by atoms with Crippen molar-refractivity contribution in [3.8, 4) is 0 Å². The van der Waals surface area contributed by atoms with Crippen LogP contribution in [0.15, 0.2) is 42.7 Å². The van der Waals surface area contributed by atoms with Gasteiger partial charge < -0.3 is 4.74 Å². The molecule has 1 fully saturated rings. The molecule has 0 saturated heterocycles. The summed E-state index contributed by atoms with van der Waals surface area (Å²) in [6, 6.07) is 10.0. The molecule has 1 aliphatic rings. The highest BCUT2D eigenvalue weighted by Gasteiger charge is 2.52. The Hall–Kier alpha value is -2.16. The Morgan fingerprint density at radius 3 is 2.52 bits per heavy atom. The van der Waals surface area contributed by atoms with Crippen LogP contribution in [-0.2, 0) is 21.6 Å². The number of carbonyl (C=O) groups is 1. The van der Waals surface area contributed by atoms with Crippen molar-refractivity contribution in [2.24, 2.45) is 0 Å². The predicted molar refractivity (Wildman–Crippen MR) is 80.9 cm³/mol. The number of aromatic nitrogens is 1. The molecule has 0 bridgehead atoms. The molecular weight excluding hydrogens is 262 g/mol. The first-order valence-electron chi connectivity index (χ1n) is 7.26. The van der Waals surface area contributed by atoms with E-state index in [-0.39, 0.29) is 5.97 Å². The molecule has 1 heterocycles. The van der Waals surface area contributed by atoms with Crippen molar-refractivity contribution < 1.29 is 9.53 Å². The van der Waals surface area contributed by atoms with Gasteiger partial charge in [-0.1, -0.05) is 23.8 Å².